The molecule has 0 radical (unpaired) electrons. The Labute approximate surface area is 65.8 Å². The van der Waals surface area contributed by atoms with Gasteiger partial charge in [-0.15, -0.1) is 0 Å². The zero-order chi connectivity index (χ0) is 8.69. The molecule has 0 fully saturated rings. The fraction of sp³-hybridized carbons (Fsp3) is 0.857. The van der Waals surface area contributed by atoms with E-state index in [1.54, 1.807) is 4.90 Å². The Kier molecular flexibility index (Phi) is 5.74. The topological polar surface area (TPSA) is 40.5 Å². The SMILES string of the molecule is CCCN(CCF)CC(=O)O. The van der Waals surface area contributed by atoms with Crippen LogP contribution in [-0.2, 0) is 4.79 Å². The summed E-state index contributed by atoms with van der Waals surface area (Å²) in [5.41, 5.74) is 0. The fourth-order valence-corrected chi connectivity index (χ4v) is 0.897. The largest absolute Gasteiger partial charge is 0.480 e. The zero-order valence-corrected chi connectivity index (χ0v) is 6.72. The Balaban J connectivity index is 3.59. The highest BCUT2D eigenvalue weighted by molar-refractivity contribution is 5.69. The van der Waals surface area contributed by atoms with Crippen molar-refractivity contribution in [1.29, 1.82) is 0 Å². The maximum atomic E-state index is 11.8. The van der Waals surface area contributed by atoms with E-state index in [-0.39, 0.29) is 13.1 Å². The van der Waals surface area contributed by atoms with Crippen molar-refractivity contribution < 1.29 is 14.3 Å². The first-order valence-electron chi connectivity index (χ1n) is 3.70. The van der Waals surface area contributed by atoms with E-state index >= 15 is 0 Å². The highest BCUT2D eigenvalue weighted by atomic mass is 19.1. The van der Waals surface area contributed by atoms with E-state index in [0.29, 0.717) is 6.54 Å². The molecule has 0 unspecified atom stereocenters. The molecule has 0 aliphatic heterocycles. The summed E-state index contributed by atoms with van der Waals surface area (Å²) < 4.78 is 11.8. The lowest BCUT2D eigenvalue weighted by atomic mass is 10.4. The quantitative estimate of drug-likeness (QED) is 0.628. The number of carboxylic acids is 1. The number of carboxylic acid groups (broad SMARTS) is 1. The predicted octanol–water partition coefficient (Wildman–Crippen LogP) is 0.753. The summed E-state index contributed by atoms with van der Waals surface area (Å²) in [6.07, 6.45) is 0.854. The van der Waals surface area contributed by atoms with Crippen LogP contribution < -0.4 is 0 Å². The van der Waals surface area contributed by atoms with Crippen LogP contribution in [0.5, 0.6) is 0 Å². The Morgan fingerprint density at radius 1 is 1.55 bits per heavy atom. The van der Waals surface area contributed by atoms with Gasteiger partial charge >= 0.3 is 5.97 Å². The van der Waals surface area contributed by atoms with E-state index in [1.165, 1.54) is 0 Å². The summed E-state index contributed by atoms with van der Waals surface area (Å²) in [5.74, 6) is -0.896. The molecule has 4 heteroatoms. The average molecular weight is 163 g/mol. The van der Waals surface area contributed by atoms with E-state index in [4.69, 9.17) is 5.11 Å². The van der Waals surface area contributed by atoms with Gasteiger partial charge in [-0.25, -0.2) is 4.39 Å². The van der Waals surface area contributed by atoms with Crippen LogP contribution in [-0.4, -0.2) is 42.3 Å². The summed E-state index contributed by atoms with van der Waals surface area (Å²) in [6, 6.07) is 0. The molecule has 3 nitrogen and oxygen atoms in total. The molecule has 0 heterocycles. The number of aliphatic carboxylic acids is 1. The highest BCUT2D eigenvalue weighted by Gasteiger charge is 2.06. The van der Waals surface area contributed by atoms with Crippen LogP contribution in [0.2, 0.25) is 0 Å². The molecule has 0 aliphatic rings. The lowest BCUT2D eigenvalue weighted by Gasteiger charge is -2.16. The van der Waals surface area contributed by atoms with Gasteiger partial charge in [0.1, 0.15) is 6.67 Å². The molecule has 0 atom stereocenters. The van der Waals surface area contributed by atoms with Crippen LogP contribution in [0.4, 0.5) is 4.39 Å². The normalized spacial score (nSPS) is 10.5. The number of nitrogens with zero attached hydrogens (tertiary/aromatic N) is 1. The molecule has 0 aromatic rings. The summed E-state index contributed by atoms with van der Waals surface area (Å²) in [4.78, 5) is 11.8. The lowest BCUT2D eigenvalue weighted by Crippen LogP contribution is -2.32. The molecular weight excluding hydrogens is 149 g/mol. The van der Waals surface area contributed by atoms with Crippen molar-refractivity contribution in [2.75, 3.05) is 26.3 Å². The molecule has 11 heavy (non-hydrogen) atoms. The minimum absolute atomic E-state index is 0.0578. The van der Waals surface area contributed by atoms with Crippen molar-refractivity contribution in [3.05, 3.63) is 0 Å². The Morgan fingerprint density at radius 2 is 2.18 bits per heavy atom. The molecule has 0 aromatic heterocycles. The van der Waals surface area contributed by atoms with Crippen molar-refractivity contribution in [3.8, 4) is 0 Å². The maximum absolute atomic E-state index is 11.8. The molecule has 0 spiro atoms. The van der Waals surface area contributed by atoms with Gasteiger partial charge in [0.2, 0.25) is 0 Å². The van der Waals surface area contributed by atoms with E-state index in [2.05, 4.69) is 0 Å². The minimum atomic E-state index is -0.896. The first kappa shape index (κ1) is 10.4. The van der Waals surface area contributed by atoms with Crippen LogP contribution in [0.1, 0.15) is 13.3 Å². The van der Waals surface area contributed by atoms with Crippen LogP contribution >= 0.6 is 0 Å². The van der Waals surface area contributed by atoms with Gasteiger partial charge in [-0.3, -0.25) is 9.69 Å². The smallest absolute Gasteiger partial charge is 0.317 e. The summed E-state index contributed by atoms with van der Waals surface area (Å²) >= 11 is 0. The van der Waals surface area contributed by atoms with Gasteiger partial charge in [-0.1, -0.05) is 6.92 Å². The summed E-state index contributed by atoms with van der Waals surface area (Å²) in [7, 11) is 0. The second-order valence-corrected chi connectivity index (χ2v) is 2.36. The molecule has 66 valence electrons. The first-order chi connectivity index (χ1) is 5.20. The van der Waals surface area contributed by atoms with Crippen LogP contribution in [0.25, 0.3) is 0 Å². The zero-order valence-electron chi connectivity index (χ0n) is 6.72. The van der Waals surface area contributed by atoms with Crippen LogP contribution in [0, 0.1) is 0 Å². The van der Waals surface area contributed by atoms with Gasteiger partial charge in [0.05, 0.1) is 6.54 Å². The summed E-state index contributed by atoms with van der Waals surface area (Å²) in [6.45, 7) is 2.27. The Hall–Kier alpha value is -0.640. The molecule has 0 saturated carbocycles. The average Bonchev–Trinajstić information content (AvgIpc) is 1.87. The first-order valence-corrected chi connectivity index (χ1v) is 3.70. The van der Waals surface area contributed by atoms with Gasteiger partial charge in [0.15, 0.2) is 0 Å². The molecule has 0 saturated heterocycles. The van der Waals surface area contributed by atoms with Crippen LogP contribution in [0.15, 0.2) is 0 Å². The van der Waals surface area contributed by atoms with Gasteiger partial charge in [-0.05, 0) is 13.0 Å². The molecule has 0 amide bonds. The molecule has 0 bridgehead atoms. The lowest BCUT2D eigenvalue weighted by molar-refractivity contribution is -0.138. The number of halogens is 1. The third-order valence-electron chi connectivity index (χ3n) is 1.30. The molecule has 1 N–H and O–H groups in total. The van der Waals surface area contributed by atoms with Gasteiger partial charge in [0.25, 0.3) is 0 Å². The van der Waals surface area contributed by atoms with E-state index in [9.17, 15) is 9.18 Å². The number of hydrogen-bond acceptors (Lipinski definition) is 2. The van der Waals surface area contributed by atoms with Crippen molar-refractivity contribution in [2.45, 2.75) is 13.3 Å². The van der Waals surface area contributed by atoms with Crippen LogP contribution in [0.3, 0.4) is 0 Å². The predicted molar refractivity (Wildman–Crippen MR) is 40.3 cm³/mol. The monoisotopic (exact) mass is 163 g/mol. The standard InChI is InChI=1S/C7H14FNO2/c1-2-4-9(5-3-8)6-7(10)11/h2-6H2,1H3,(H,10,11). The van der Waals surface area contributed by atoms with E-state index in [1.807, 2.05) is 6.92 Å². The van der Waals surface area contributed by atoms with Crippen molar-refractivity contribution in [2.24, 2.45) is 0 Å². The Morgan fingerprint density at radius 3 is 2.55 bits per heavy atom. The van der Waals surface area contributed by atoms with Gasteiger partial charge < -0.3 is 5.11 Å². The second kappa shape index (κ2) is 6.09. The van der Waals surface area contributed by atoms with E-state index in [0.717, 1.165) is 6.42 Å². The van der Waals surface area contributed by atoms with Gasteiger partial charge in [0, 0.05) is 6.54 Å². The summed E-state index contributed by atoms with van der Waals surface area (Å²) in [5, 5.41) is 8.37. The number of alkyl halides is 1. The number of carbonyl (C=O) groups is 1. The molecule has 0 rings (SSSR count). The second-order valence-electron chi connectivity index (χ2n) is 2.36. The van der Waals surface area contributed by atoms with Crippen molar-refractivity contribution >= 4 is 5.97 Å². The van der Waals surface area contributed by atoms with Crippen molar-refractivity contribution in [1.82, 2.24) is 4.90 Å². The van der Waals surface area contributed by atoms with E-state index < -0.39 is 12.6 Å². The third kappa shape index (κ3) is 5.79. The Bertz CT molecular complexity index is 113. The molecule has 0 aliphatic carbocycles. The maximum Gasteiger partial charge on any atom is 0.317 e. The number of hydrogen-bond donors (Lipinski definition) is 1. The van der Waals surface area contributed by atoms with Crippen molar-refractivity contribution in [3.63, 3.8) is 0 Å². The highest BCUT2D eigenvalue weighted by Crippen LogP contribution is 1.90. The third-order valence-corrected chi connectivity index (χ3v) is 1.30. The minimum Gasteiger partial charge on any atom is -0.480 e. The number of rotatable bonds is 6. The molecular formula is C7H14FNO2. The fourth-order valence-electron chi connectivity index (χ4n) is 0.897. The van der Waals surface area contributed by atoms with Gasteiger partial charge in [-0.2, -0.15) is 0 Å². The molecule has 0 aromatic carbocycles.